The molecule has 1 aromatic heterocycles. The van der Waals surface area contributed by atoms with E-state index in [0.717, 1.165) is 31.5 Å². The number of piperazine rings is 1. The fraction of sp³-hybridized carbons (Fsp3) is 0.476. The standard InChI is InChI=1S/C21H27N5O4/c1-29-15-6-7-17(19(13-15)30-2)23-21(28)25-11-9-24(10-12-25)20(27)16-14-22-26-8-4-3-5-18(16)26/h6-7,13-14H,3-5,8-12H2,1-2H3,(H,23,28). The van der Waals surface area contributed by atoms with Gasteiger partial charge in [-0.05, 0) is 31.4 Å². The first-order valence-electron chi connectivity index (χ1n) is 10.2. The monoisotopic (exact) mass is 413 g/mol. The lowest BCUT2D eigenvalue weighted by molar-refractivity contribution is 0.0670. The summed E-state index contributed by atoms with van der Waals surface area (Å²) in [4.78, 5) is 29.2. The third-order valence-corrected chi connectivity index (χ3v) is 5.72. The summed E-state index contributed by atoms with van der Waals surface area (Å²) in [6.07, 6.45) is 4.79. The van der Waals surface area contributed by atoms with Gasteiger partial charge >= 0.3 is 6.03 Å². The summed E-state index contributed by atoms with van der Waals surface area (Å²) in [5, 5.41) is 7.25. The van der Waals surface area contributed by atoms with Crippen LogP contribution in [0.15, 0.2) is 24.4 Å². The van der Waals surface area contributed by atoms with E-state index in [1.807, 2.05) is 9.58 Å². The predicted molar refractivity (Wildman–Crippen MR) is 111 cm³/mol. The first kappa shape index (κ1) is 20.1. The molecule has 1 fully saturated rings. The number of nitrogens with one attached hydrogen (secondary N) is 1. The fourth-order valence-electron chi connectivity index (χ4n) is 3.98. The zero-order chi connectivity index (χ0) is 21.1. The maximum atomic E-state index is 13.0. The summed E-state index contributed by atoms with van der Waals surface area (Å²) in [6, 6.07) is 5.02. The molecule has 0 bridgehead atoms. The highest BCUT2D eigenvalue weighted by Gasteiger charge is 2.28. The summed E-state index contributed by atoms with van der Waals surface area (Å²) in [7, 11) is 3.12. The molecule has 1 aromatic carbocycles. The maximum Gasteiger partial charge on any atom is 0.322 e. The lowest BCUT2D eigenvalue weighted by atomic mass is 10.1. The van der Waals surface area contributed by atoms with Gasteiger partial charge in [-0.1, -0.05) is 0 Å². The number of aryl methyl sites for hydroxylation is 1. The molecule has 0 spiro atoms. The molecule has 4 rings (SSSR count). The Bertz CT molecular complexity index is 933. The second-order valence-electron chi connectivity index (χ2n) is 7.46. The van der Waals surface area contributed by atoms with E-state index in [0.29, 0.717) is 48.9 Å². The van der Waals surface area contributed by atoms with Crippen molar-refractivity contribution in [1.82, 2.24) is 19.6 Å². The van der Waals surface area contributed by atoms with E-state index in [1.54, 1.807) is 43.5 Å². The van der Waals surface area contributed by atoms with Gasteiger partial charge in [0.1, 0.15) is 11.5 Å². The Morgan fingerprint density at radius 3 is 2.50 bits per heavy atom. The van der Waals surface area contributed by atoms with E-state index in [4.69, 9.17) is 9.47 Å². The molecule has 160 valence electrons. The number of aromatic nitrogens is 2. The number of nitrogens with zero attached hydrogens (tertiary/aromatic N) is 4. The minimum Gasteiger partial charge on any atom is -0.497 e. The summed E-state index contributed by atoms with van der Waals surface area (Å²) < 4.78 is 12.5. The lowest BCUT2D eigenvalue weighted by Crippen LogP contribution is -2.51. The van der Waals surface area contributed by atoms with Crippen LogP contribution in [0.3, 0.4) is 0 Å². The van der Waals surface area contributed by atoms with E-state index in [2.05, 4.69) is 10.4 Å². The molecular formula is C21H27N5O4. The van der Waals surface area contributed by atoms with Crippen LogP contribution in [0, 0.1) is 0 Å². The van der Waals surface area contributed by atoms with Crippen LogP contribution in [-0.4, -0.2) is 71.9 Å². The molecule has 30 heavy (non-hydrogen) atoms. The number of benzene rings is 1. The average Bonchev–Trinajstić information content (AvgIpc) is 3.23. The number of amides is 3. The van der Waals surface area contributed by atoms with Gasteiger partial charge in [-0.3, -0.25) is 9.48 Å². The molecule has 2 aliphatic heterocycles. The van der Waals surface area contributed by atoms with Gasteiger partial charge in [-0.15, -0.1) is 0 Å². The number of ether oxygens (including phenoxy) is 2. The summed E-state index contributed by atoms with van der Waals surface area (Å²) in [6.45, 7) is 2.82. The largest absolute Gasteiger partial charge is 0.497 e. The fourth-order valence-corrected chi connectivity index (χ4v) is 3.98. The van der Waals surface area contributed by atoms with Crippen LogP contribution in [0.2, 0.25) is 0 Å². The third-order valence-electron chi connectivity index (χ3n) is 5.72. The molecule has 9 nitrogen and oxygen atoms in total. The van der Waals surface area contributed by atoms with Gasteiger partial charge in [-0.25, -0.2) is 4.79 Å². The highest BCUT2D eigenvalue weighted by Crippen LogP contribution is 2.29. The maximum absolute atomic E-state index is 13.0. The van der Waals surface area contributed by atoms with Crippen molar-refractivity contribution in [1.29, 1.82) is 0 Å². The van der Waals surface area contributed by atoms with Gasteiger partial charge < -0.3 is 24.6 Å². The Morgan fingerprint density at radius 2 is 1.77 bits per heavy atom. The van der Waals surface area contributed by atoms with Crippen LogP contribution in [0.4, 0.5) is 10.5 Å². The average molecular weight is 413 g/mol. The first-order chi connectivity index (χ1) is 14.6. The van der Waals surface area contributed by atoms with E-state index in [-0.39, 0.29) is 11.9 Å². The van der Waals surface area contributed by atoms with Gasteiger partial charge in [0.2, 0.25) is 0 Å². The number of urea groups is 1. The molecule has 2 aromatic rings. The van der Waals surface area contributed by atoms with Crippen molar-refractivity contribution in [3.8, 4) is 11.5 Å². The van der Waals surface area contributed by atoms with Gasteiger partial charge in [0.25, 0.3) is 5.91 Å². The van der Waals surface area contributed by atoms with Gasteiger partial charge in [0, 0.05) is 38.8 Å². The topological polar surface area (TPSA) is 88.9 Å². The molecule has 1 saturated heterocycles. The Morgan fingerprint density at radius 1 is 1.00 bits per heavy atom. The van der Waals surface area contributed by atoms with Crippen LogP contribution in [0.1, 0.15) is 28.9 Å². The molecule has 0 radical (unpaired) electrons. The molecule has 3 heterocycles. The molecule has 9 heteroatoms. The molecule has 0 unspecified atom stereocenters. The normalized spacial score (nSPS) is 16.1. The number of hydrogen-bond acceptors (Lipinski definition) is 5. The number of anilines is 1. The van der Waals surface area contributed by atoms with Crippen molar-refractivity contribution in [2.24, 2.45) is 0 Å². The van der Waals surface area contributed by atoms with Gasteiger partial charge in [-0.2, -0.15) is 5.10 Å². The Kier molecular flexibility index (Phi) is 5.78. The highest BCUT2D eigenvalue weighted by atomic mass is 16.5. The molecule has 3 amide bonds. The second kappa shape index (κ2) is 8.64. The number of carbonyl (C=O) groups is 2. The molecule has 0 aliphatic carbocycles. The zero-order valence-electron chi connectivity index (χ0n) is 17.4. The summed E-state index contributed by atoms with van der Waals surface area (Å²) in [5.41, 5.74) is 2.32. The molecule has 2 aliphatic rings. The molecule has 0 saturated carbocycles. The van der Waals surface area contributed by atoms with Crippen LogP contribution in [-0.2, 0) is 13.0 Å². The van der Waals surface area contributed by atoms with Gasteiger partial charge in [0.05, 0.1) is 37.4 Å². The van der Waals surface area contributed by atoms with Crippen molar-refractivity contribution in [3.05, 3.63) is 35.7 Å². The van der Waals surface area contributed by atoms with E-state index in [1.165, 1.54) is 0 Å². The van der Waals surface area contributed by atoms with E-state index in [9.17, 15) is 9.59 Å². The quantitative estimate of drug-likeness (QED) is 0.830. The molecular weight excluding hydrogens is 386 g/mol. The van der Waals surface area contributed by atoms with Crippen molar-refractivity contribution < 1.29 is 19.1 Å². The number of hydrogen-bond donors (Lipinski definition) is 1. The number of methoxy groups -OCH3 is 2. The van der Waals surface area contributed by atoms with Crippen LogP contribution >= 0.6 is 0 Å². The second-order valence-corrected chi connectivity index (χ2v) is 7.46. The van der Waals surface area contributed by atoms with E-state index < -0.39 is 0 Å². The number of carbonyl (C=O) groups excluding carboxylic acids is 2. The molecule has 1 N–H and O–H groups in total. The summed E-state index contributed by atoms with van der Waals surface area (Å²) >= 11 is 0. The van der Waals surface area contributed by atoms with Crippen molar-refractivity contribution in [2.45, 2.75) is 25.8 Å². The predicted octanol–water partition coefficient (Wildman–Crippen LogP) is 2.23. The minimum atomic E-state index is -0.214. The molecule has 0 atom stereocenters. The van der Waals surface area contributed by atoms with Gasteiger partial charge in [0.15, 0.2) is 0 Å². The Hall–Kier alpha value is -3.23. The number of fused-ring (bicyclic) bond motifs is 1. The summed E-state index contributed by atoms with van der Waals surface area (Å²) in [5.74, 6) is 1.19. The SMILES string of the molecule is COc1ccc(NC(=O)N2CCN(C(=O)c3cnn4c3CCCC4)CC2)c(OC)c1. The van der Waals surface area contributed by atoms with Crippen LogP contribution in [0.25, 0.3) is 0 Å². The highest BCUT2D eigenvalue weighted by molar-refractivity contribution is 5.96. The smallest absolute Gasteiger partial charge is 0.322 e. The van der Waals surface area contributed by atoms with Crippen molar-refractivity contribution >= 4 is 17.6 Å². The van der Waals surface area contributed by atoms with Crippen LogP contribution in [0.5, 0.6) is 11.5 Å². The zero-order valence-corrected chi connectivity index (χ0v) is 17.4. The first-order valence-corrected chi connectivity index (χ1v) is 10.2. The minimum absolute atomic E-state index is 0.00929. The Balaban J connectivity index is 1.36. The third kappa shape index (κ3) is 3.92. The number of rotatable bonds is 4. The van der Waals surface area contributed by atoms with Crippen molar-refractivity contribution in [3.63, 3.8) is 0 Å². The lowest BCUT2D eigenvalue weighted by Gasteiger charge is -2.35. The Labute approximate surface area is 175 Å². The van der Waals surface area contributed by atoms with Crippen LogP contribution < -0.4 is 14.8 Å². The van der Waals surface area contributed by atoms with E-state index >= 15 is 0 Å². The van der Waals surface area contributed by atoms with Crippen molar-refractivity contribution in [2.75, 3.05) is 45.7 Å².